The van der Waals surface area contributed by atoms with E-state index in [2.05, 4.69) is 26.1 Å². The van der Waals surface area contributed by atoms with E-state index >= 15 is 0 Å². The Morgan fingerprint density at radius 2 is 1.39 bits per heavy atom. The van der Waals surface area contributed by atoms with Crippen LogP contribution in [0.15, 0.2) is 0 Å². The molecule has 3 aliphatic rings. The standard InChI is InChI=1S/C22H41N/c1-17-15-20-13-11-9-7-5-4-6-8-10-12-14-22(20)16-23-19(3)21(22)18(17)2/h17-21,23H,4-16H2,1-3H3/t17?,18-,19+,20+,21+,22+/m1/s1. The zero-order valence-corrected chi connectivity index (χ0v) is 16.1. The normalized spacial score (nSPS) is 46.8. The lowest BCUT2D eigenvalue weighted by Gasteiger charge is -2.52. The minimum absolute atomic E-state index is 0.638. The minimum Gasteiger partial charge on any atom is -0.313 e. The Labute approximate surface area is 145 Å². The van der Waals surface area contributed by atoms with Crippen LogP contribution < -0.4 is 5.32 Å². The third-order valence-corrected chi connectivity index (χ3v) is 8.08. The molecular formula is C22H41N. The van der Waals surface area contributed by atoms with Gasteiger partial charge in [0.25, 0.3) is 0 Å². The van der Waals surface area contributed by atoms with Crippen LogP contribution in [0.25, 0.3) is 0 Å². The fourth-order valence-electron chi connectivity index (χ4n) is 6.69. The summed E-state index contributed by atoms with van der Waals surface area (Å²) < 4.78 is 0. The average Bonchev–Trinajstić information content (AvgIpc) is 2.88. The molecule has 23 heavy (non-hydrogen) atoms. The maximum absolute atomic E-state index is 3.93. The van der Waals surface area contributed by atoms with Gasteiger partial charge in [0.1, 0.15) is 0 Å². The highest BCUT2D eigenvalue weighted by Crippen LogP contribution is 2.58. The first-order valence-electron chi connectivity index (χ1n) is 10.9. The van der Waals surface area contributed by atoms with E-state index in [-0.39, 0.29) is 0 Å². The summed E-state index contributed by atoms with van der Waals surface area (Å²) in [6.07, 6.45) is 17.9. The Bertz CT molecular complexity index is 365. The van der Waals surface area contributed by atoms with E-state index in [4.69, 9.17) is 0 Å². The van der Waals surface area contributed by atoms with Crippen LogP contribution in [-0.4, -0.2) is 12.6 Å². The maximum atomic E-state index is 3.93. The first-order chi connectivity index (χ1) is 11.1. The molecule has 2 saturated carbocycles. The molecule has 1 nitrogen and oxygen atoms in total. The molecule has 3 rings (SSSR count). The number of hydrogen-bond acceptors (Lipinski definition) is 1. The Balaban J connectivity index is 1.79. The monoisotopic (exact) mass is 319 g/mol. The van der Waals surface area contributed by atoms with Gasteiger partial charge in [-0.25, -0.2) is 0 Å². The summed E-state index contributed by atoms with van der Waals surface area (Å²) >= 11 is 0. The number of hydrogen-bond donors (Lipinski definition) is 1. The molecule has 134 valence electrons. The van der Waals surface area contributed by atoms with Gasteiger partial charge in [0.2, 0.25) is 0 Å². The van der Waals surface area contributed by atoms with Gasteiger partial charge in [0.05, 0.1) is 0 Å². The summed E-state index contributed by atoms with van der Waals surface area (Å²) in [5.74, 6) is 3.77. The van der Waals surface area contributed by atoms with E-state index in [9.17, 15) is 0 Å². The summed E-state index contributed by atoms with van der Waals surface area (Å²) in [6.45, 7) is 8.91. The Morgan fingerprint density at radius 3 is 2.09 bits per heavy atom. The van der Waals surface area contributed by atoms with E-state index in [1.165, 1.54) is 83.6 Å². The van der Waals surface area contributed by atoms with Gasteiger partial charge >= 0.3 is 0 Å². The molecule has 0 radical (unpaired) electrons. The molecule has 3 fully saturated rings. The second-order valence-corrected chi connectivity index (χ2v) is 9.42. The summed E-state index contributed by atoms with van der Waals surface area (Å²) in [4.78, 5) is 0. The first-order valence-corrected chi connectivity index (χ1v) is 10.9. The molecule has 0 aromatic carbocycles. The molecule has 1 heteroatoms. The molecule has 0 amide bonds. The predicted molar refractivity (Wildman–Crippen MR) is 101 cm³/mol. The van der Waals surface area contributed by atoms with Gasteiger partial charge in [-0.1, -0.05) is 71.6 Å². The molecule has 1 N–H and O–H groups in total. The molecule has 1 saturated heterocycles. The third-order valence-electron chi connectivity index (χ3n) is 8.08. The molecular weight excluding hydrogens is 278 g/mol. The highest BCUT2D eigenvalue weighted by Gasteiger charge is 2.56. The van der Waals surface area contributed by atoms with Crippen molar-refractivity contribution in [1.29, 1.82) is 0 Å². The van der Waals surface area contributed by atoms with Crippen molar-refractivity contribution in [2.45, 2.75) is 104 Å². The van der Waals surface area contributed by atoms with Crippen molar-refractivity contribution in [3.8, 4) is 0 Å². The maximum Gasteiger partial charge on any atom is 0.00757 e. The van der Waals surface area contributed by atoms with Gasteiger partial charge in [0, 0.05) is 12.6 Å². The first kappa shape index (κ1) is 17.8. The lowest BCUT2D eigenvalue weighted by molar-refractivity contribution is -0.0273. The molecule has 0 bridgehead atoms. The smallest absolute Gasteiger partial charge is 0.00757 e. The Hall–Kier alpha value is -0.0400. The van der Waals surface area contributed by atoms with Crippen molar-refractivity contribution in [3.05, 3.63) is 0 Å². The highest BCUT2D eigenvalue weighted by molar-refractivity contribution is 5.08. The van der Waals surface area contributed by atoms with Crippen LogP contribution in [0, 0.1) is 29.1 Å². The average molecular weight is 320 g/mol. The van der Waals surface area contributed by atoms with Crippen molar-refractivity contribution in [3.63, 3.8) is 0 Å². The van der Waals surface area contributed by atoms with Crippen molar-refractivity contribution >= 4 is 0 Å². The second-order valence-electron chi connectivity index (χ2n) is 9.42. The van der Waals surface area contributed by atoms with Crippen molar-refractivity contribution in [2.75, 3.05) is 6.54 Å². The SMILES string of the molecule is CC1C[C@@H]2CCCCCCCCCCC[C@]23CN[C@@H](C)[C@@H]3[C@@H]1C. The van der Waals surface area contributed by atoms with Crippen LogP contribution in [0.5, 0.6) is 0 Å². The van der Waals surface area contributed by atoms with Gasteiger partial charge in [-0.15, -0.1) is 0 Å². The van der Waals surface area contributed by atoms with E-state index in [0.29, 0.717) is 5.41 Å². The van der Waals surface area contributed by atoms with Crippen molar-refractivity contribution in [2.24, 2.45) is 29.1 Å². The lowest BCUT2D eigenvalue weighted by Crippen LogP contribution is -2.48. The van der Waals surface area contributed by atoms with E-state index in [0.717, 1.165) is 29.7 Å². The predicted octanol–water partition coefficient (Wildman–Crippen LogP) is 6.18. The van der Waals surface area contributed by atoms with Crippen LogP contribution in [0.2, 0.25) is 0 Å². The molecule has 2 aliphatic carbocycles. The van der Waals surface area contributed by atoms with Gasteiger partial charge in [-0.05, 0) is 55.3 Å². The molecule has 0 aromatic rings. The molecule has 1 aliphatic heterocycles. The second kappa shape index (κ2) is 7.89. The zero-order valence-electron chi connectivity index (χ0n) is 16.1. The largest absolute Gasteiger partial charge is 0.313 e. The summed E-state index contributed by atoms with van der Waals surface area (Å²) in [7, 11) is 0. The summed E-state index contributed by atoms with van der Waals surface area (Å²) in [5, 5.41) is 3.93. The Kier molecular flexibility index (Phi) is 6.10. The molecule has 6 atom stereocenters. The van der Waals surface area contributed by atoms with Gasteiger partial charge in [0.15, 0.2) is 0 Å². The fraction of sp³-hybridized carbons (Fsp3) is 1.00. The van der Waals surface area contributed by atoms with E-state index < -0.39 is 0 Å². The minimum atomic E-state index is 0.638. The summed E-state index contributed by atoms with van der Waals surface area (Å²) in [6, 6.07) is 0.742. The Morgan fingerprint density at radius 1 is 0.783 bits per heavy atom. The fourth-order valence-corrected chi connectivity index (χ4v) is 6.69. The van der Waals surface area contributed by atoms with Gasteiger partial charge in [-0.2, -0.15) is 0 Å². The highest BCUT2D eigenvalue weighted by atomic mass is 15.0. The molecule has 1 heterocycles. The zero-order chi connectivity index (χ0) is 16.3. The third kappa shape index (κ3) is 3.65. The molecule has 1 unspecified atom stereocenters. The van der Waals surface area contributed by atoms with Gasteiger partial charge in [-0.3, -0.25) is 0 Å². The van der Waals surface area contributed by atoms with Crippen LogP contribution in [0.3, 0.4) is 0 Å². The van der Waals surface area contributed by atoms with Crippen molar-refractivity contribution < 1.29 is 0 Å². The molecule has 0 aromatic heterocycles. The van der Waals surface area contributed by atoms with Crippen LogP contribution >= 0.6 is 0 Å². The van der Waals surface area contributed by atoms with E-state index in [1.54, 1.807) is 0 Å². The summed E-state index contributed by atoms with van der Waals surface area (Å²) in [5.41, 5.74) is 0.638. The number of nitrogens with one attached hydrogen (secondary N) is 1. The van der Waals surface area contributed by atoms with E-state index in [1.807, 2.05) is 0 Å². The molecule has 1 spiro atoms. The number of rotatable bonds is 0. The lowest BCUT2D eigenvalue weighted by atomic mass is 9.52. The van der Waals surface area contributed by atoms with Crippen LogP contribution in [0.1, 0.15) is 97.8 Å². The van der Waals surface area contributed by atoms with Gasteiger partial charge < -0.3 is 5.32 Å². The topological polar surface area (TPSA) is 12.0 Å². The quantitative estimate of drug-likeness (QED) is 0.562. The van der Waals surface area contributed by atoms with Crippen LogP contribution in [-0.2, 0) is 0 Å². The van der Waals surface area contributed by atoms with Crippen LogP contribution in [0.4, 0.5) is 0 Å². The van der Waals surface area contributed by atoms with Crippen molar-refractivity contribution in [1.82, 2.24) is 5.32 Å².